The monoisotopic (exact) mass is 147 g/mol. The van der Waals surface area contributed by atoms with E-state index in [1.807, 2.05) is 24.3 Å². The molecule has 1 aromatic heterocycles. The summed E-state index contributed by atoms with van der Waals surface area (Å²) in [6.07, 6.45) is 1.53. The molecule has 0 aliphatic heterocycles. The molecule has 0 radical (unpaired) electrons. The Labute approximate surface area is 63.5 Å². The number of rotatable bonds is 0. The smallest absolute Gasteiger partial charge is 0.213 e. The molecule has 0 aliphatic carbocycles. The van der Waals surface area contributed by atoms with Crippen LogP contribution in [0.1, 0.15) is 0 Å². The van der Waals surface area contributed by atoms with E-state index < -0.39 is 5.95 Å². The molecule has 0 fully saturated rings. The van der Waals surface area contributed by atoms with Gasteiger partial charge in [-0.3, -0.25) is 0 Å². The van der Waals surface area contributed by atoms with Crippen molar-refractivity contribution in [2.75, 3.05) is 0 Å². The van der Waals surface area contributed by atoms with Gasteiger partial charge in [0, 0.05) is 17.6 Å². The van der Waals surface area contributed by atoms with E-state index in [1.165, 1.54) is 12.3 Å². The number of halogens is 1. The highest BCUT2D eigenvalue weighted by molar-refractivity contribution is 5.81. The highest BCUT2D eigenvalue weighted by Gasteiger charge is 1.93. The fraction of sp³-hybridized carbons (Fsp3) is 0. The minimum atomic E-state index is -0.427. The molecule has 0 saturated heterocycles. The lowest BCUT2D eigenvalue weighted by Crippen LogP contribution is -1.80. The lowest BCUT2D eigenvalue weighted by atomic mass is 10.2. The summed E-state index contributed by atoms with van der Waals surface area (Å²) in [5.74, 6) is -0.427. The van der Waals surface area contributed by atoms with Crippen molar-refractivity contribution in [3.05, 3.63) is 42.5 Å². The molecule has 1 nitrogen and oxygen atoms in total. The Morgan fingerprint density at radius 3 is 2.64 bits per heavy atom. The molecule has 54 valence electrons. The molecule has 0 amide bonds. The third-order valence-electron chi connectivity index (χ3n) is 1.60. The first kappa shape index (κ1) is 6.28. The van der Waals surface area contributed by atoms with Crippen LogP contribution in [0.2, 0.25) is 0 Å². The maximum absolute atomic E-state index is 12.5. The molecule has 2 aromatic rings. The van der Waals surface area contributed by atoms with Crippen LogP contribution in [0.3, 0.4) is 0 Å². The summed E-state index contributed by atoms with van der Waals surface area (Å²) in [5, 5.41) is 1.86. The van der Waals surface area contributed by atoms with Crippen LogP contribution in [0.25, 0.3) is 10.8 Å². The fourth-order valence-electron chi connectivity index (χ4n) is 1.06. The molecular formula is C9H6FN. The van der Waals surface area contributed by atoms with Gasteiger partial charge in [0.05, 0.1) is 0 Å². The zero-order valence-electron chi connectivity index (χ0n) is 5.79. The van der Waals surface area contributed by atoms with E-state index in [1.54, 1.807) is 0 Å². The number of hydrogen-bond donors (Lipinski definition) is 0. The highest BCUT2D eigenvalue weighted by atomic mass is 19.1. The van der Waals surface area contributed by atoms with Crippen molar-refractivity contribution in [2.24, 2.45) is 0 Å². The largest absolute Gasteiger partial charge is 0.228 e. The summed E-state index contributed by atoms with van der Waals surface area (Å²) in [7, 11) is 0. The third kappa shape index (κ3) is 1.07. The molecule has 0 saturated carbocycles. The van der Waals surface area contributed by atoms with E-state index in [-0.39, 0.29) is 0 Å². The summed E-state index contributed by atoms with van der Waals surface area (Å²) >= 11 is 0. The van der Waals surface area contributed by atoms with Crippen molar-refractivity contribution < 1.29 is 4.39 Å². The average molecular weight is 147 g/mol. The molecule has 0 N–H and O–H groups in total. The summed E-state index contributed by atoms with van der Waals surface area (Å²) in [6.45, 7) is 0. The van der Waals surface area contributed by atoms with Crippen LogP contribution in [0.5, 0.6) is 0 Å². The van der Waals surface area contributed by atoms with Crippen LogP contribution in [-0.4, -0.2) is 4.98 Å². The molecular weight excluding hydrogens is 141 g/mol. The number of benzene rings is 1. The molecule has 0 spiro atoms. The van der Waals surface area contributed by atoms with Crippen molar-refractivity contribution >= 4 is 10.8 Å². The fourth-order valence-corrected chi connectivity index (χ4v) is 1.06. The Bertz CT molecular complexity index is 384. The van der Waals surface area contributed by atoms with Gasteiger partial charge in [-0.1, -0.05) is 24.3 Å². The van der Waals surface area contributed by atoms with Gasteiger partial charge in [0.25, 0.3) is 0 Å². The van der Waals surface area contributed by atoms with E-state index in [0.29, 0.717) is 0 Å². The summed E-state index contributed by atoms with van der Waals surface area (Å²) in [5.41, 5.74) is 0. The van der Waals surface area contributed by atoms with Crippen molar-refractivity contribution in [3.63, 3.8) is 0 Å². The maximum atomic E-state index is 12.5. The van der Waals surface area contributed by atoms with E-state index >= 15 is 0 Å². The van der Waals surface area contributed by atoms with Crippen molar-refractivity contribution in [1.29, 1.82) is 0 Å². The van der Waals surface area contributed by atoms with Crippen molar-refractivity contribution in [2.45, 2.75) is 0 Å². The first-order chi connectivity index (χ1) is 5.36. The Morgan fingerprint density at radius 1 is 1.09 bits per heavy atom. The van der Waals surface area contributed by atoms with Crippen LogP contribution < -0.4 is 0 Å². The van der Waals surface area contributed by atoms with E-state index in [9.17, 15) is 4.39 Å². The molecule has 0 unspecified atom stereocenters. The van der Waals surface area contributed by atoms with Gasteiger partial charge in [-0.15, -0.1) is 0 Å². The second kappa shape index (κ2) is 2.31. The minimum Gasteiger partial charge on any atom is -0.228 e. The van der Waals surface area contributed by atoms with Gasteiger partial charge < -0.3 is 0 Å². The van der Waals surface area contributed by atoms with Gasteiger partial charge in [-0.25, -0.2) is 4.98 Å². The average Bonchev–Trinajstić information content (AvgIpc) is 2.04. The van der Waals surface area contributed by atoms with Gasteiger partial charge in [0.1, 0.15) is 0 Å². The van der Waals surface area contributed by atoms with Crippen LogP contribution in [0, 0.1) is 5.95 Å². The van der Waals surface area contributed by atoms with Gasteiger partial charge in [0.15, 0.2) is 0 Å². The number of fused-ring (bicyclic) bond motifs is 1. The minimum absolute atomic E-state index is 0.427. The first-order valence-corrected chi connectivity index (χ1v) is 3.36. The summed E-state index contributed by atoms with van der Waals surface area (Å²) in [6, 6.07) is 8.97. The molecule has 0 atom stereocenters. The van der Waals surface area contributed by atoms with Crippen LogP contribution in [0.15, 0.2) is 36.5 Å². The molecule has 0 bridgehead atoms. The highest BCUT2D eigenvalue weighted by Crippen LogP contribution is 2.11. The van der Waals surface area contributed by atoms with E-state index in [2.05, 4.69) is 4.98 Å². The SMILES string of the molecule is Fc1cc2ccccc2cn1. The standard InChI is InChI=1S/C9H6FN/c10-9-5-7-3-1-2-4-8(7)6-11-9/h1-6H. The summed E-state index contributed by atoms with van der Waals surface area (Å²) in [4.78, 5) is 3.54. The zero-order valence-corrected chi connectivity index (χ0v) is 5.79. The van der Waals surface area contributed by atoms with Gasteiger partial charge in [-0.2, -0.15) is 4.39 Å². The number of aromatic nitrogens is 1. The molecule has 2 rings (SSSR count). The molecule has 2 heteroatoms. The van der Waals surface area contributed by atoms with Crippen molar-refractivity contribution in [3.8, 4) is 0 Å². The number of nitrogens with zero attached hydrogens (tertiary/aromatic N) is 1. The Morgan fingerprint density at radius 2 is 1.82 bits per heavy atom. The maximum Gasteiger partial charge on any atom is 0.213 e. The predicted octanol–water partition coefficient (Wildman–Crippen LogP) is 2.37. The lowest BCUT2D eigenvalue weighted by Gasteiger charge is -1.93. The molecule has 1 heterocycles. The molecule has 0 aliphatic rings. The quantitative estimate of drug-likeness (QED) is 0.521. The normalized spacial score (nSPS) is 10.3. The van der Waals surface area contributed by atoms with Crippen molar-refractivity contribution in [1.82, 2.24) is 4.98 Å². The Kier molecular flexibility index (Phi) is 1.32. The van der Waals surface area contributed by atoms with Crippen LogP contribution in [-0.2, 0) is 0 Å². The number of pyridine rings is 1. The zero-order chi connectivity index (χ0) is 7.68. The lowest BCUT2D eigenvalue weighted by molar-refractivity contribution is 0.586. The second-order valence-corrected chi connectivity index (χ2v) is 2.35. The van der Waals surface area contributed by atoms with Gasteiger partial charge in [0.2, 0.25) is 5.95 Å². The first-order valence-electron chi connectivity index (χ1n) is 3.36. The third-order valence-corrected chi connectivity index (χ3v) is 1.60. The van der Waals surface area contributed by atoms with E-state index in [4.69, 9.17) is 0 Å². The predicted molar refractivity (Wildman–Crippen MR) is 41.7 cm³/mol. The molecule has 1 aromatic carbocycles. The van der Waals surface area contributed by atoms with E-state index in [0.717, 1.165) is 10.8 Å². The van der Waals surface area contributed by atoms with Gasteiger partial charge in [-0.05, 0) is 5.39 Å². The number of hydrogen-bond acceptors (Lipinski definition) is 1. The van der Waals surface area contributed by atoms with Gasteiger partial charge >= 0.3 is 0 Å². The summed E-state index contributed by atoms with van der Waals surface area (Å²) < 4.78 is 12.5. The topological polar surface area (TPSA) is 12.9 Å². The van der Waals surface area contributed by atoms with Crippen LogP contribution in [0.4, 0.5) is 4.39 Å². The molecule has 11 heavy (non-hydrogen) atoms. The Balaban J connectivity index is 2.83. The Hall–Kier alpha value is -1.44. The second-order valence-electron chi connectivity index (χ2n) is 2.35. The van der Waals surface area contributed by atoms with Crippen LogP contribution >= 0.6 is 0 Å².